The second kappa shape index (κ2) is 8.56. The summed E-state index contributed by atoms with van der Waals surface area (Å²) >= 11 is 6.10. The Morgan fingerprint density at radius 3 is 2.48 bits per heavy atom. The zero-order valence-electron chi connectivity index (χ0n) is 13.3. The first-order valence-electron chi connectivity index (χ1n) is 7.47. The standard InChI is InChI=1S/C18H21ClN2O2/c1-13(20-12-15-5-3-4-6-17(15)19)18(22)21-11-14-7-9-16(23-2)10-8-14/h3-10,13,20H,11-12H2,1-2H3,(H,21,22)/t13-/m0/s1. The van der Waals surface area contributed by atoms with Gasteiger partial charge >= 0.3 is 0 Å². The van der Waals surface area contributed by atoms with E-state index in [0.717, 1.165) is 16.9 Å². The molecule has 0 fully saturated rings. The molecule has 2 rings (SSSR count). The molecule has 0 aliphatic heterocycles. The molecular weight excluding hydrogens is 312 g/mol. The summed E-state index contributed by atoms with van der Waals surface area (Å²) in [6.07, 6.45) is 0. The fourth-order valence-corrected chi connectivity index (χ4v) is 2.29. The van der Waals surface area contributed by atoms with Crippen molar-refractivity contribution < 1.29 is 9.53 Å². The number of methoxy groups -OCH3 is 1. The minimum absolute atomic E-state index is 0.0483. The molecule has 1 amide bonds. The van der Waals surface area contributed by atoms with Crippen molar-refractivity contribution in [3.8, 4) is 5.75 Å². The Morgan fingerprint density at radius 2 is 1.83 bits per heavy atom. The molecule has 4 nitrogen and oxygen atoms in total. The average Bonchev–Trinajstić information content (AvgIpc) is 2.59. The molecular formula is C18H21ClN2O2. The van der Waals surface area contributed by atoms with Gasteiger partial charge in [0.2, 0.25) is 5.91 Å². The average molecular weight is 333 g/mol. The number of carbonyl (C=O) groups excluding carboxylic acids is 1. The third kappa shape index (κ3) is 5.27. The van der Waals surface area contributed by atoms with Crippen LogP contribution < -0.4 is 15.4 Å². The smallest absolute Gasteiger partial charge is 0.237 e. The van der Waals surface area contributed by atoms with Crippen LogP contribution in [-0.4, -0.2) is 19.1 Å². The monoisotopic (exact) mass is 332 g/mol. The maximum atomic E-state index is 12.1. The molecule has 0 aliphatic rings. The Labute approximate surface area is 141 Å². The second-order valence-corrected chi connectivity index (χ2v) is 5.67. The van der Waals surface area contributed by atoms with Gasteiger partial charge in [-0.25, -0.2) is 0 Å². The zero-order chi connectivity index (χ0) is 16.7. The Hall–Kier alpha value is -2.04. The largest absolute Gasteiger partial charge is 0.497 e. The van der Waals surface area contributed by atoms with Gasteiger partial charge in [-0.05, 0) is 36.2 Å². The van der Waals surface area contributed by atoms with E-state index in [0.29, 0.717) is 18.1 Å². The van der Waals surface area contributed by atoms with E-state index in [1.54, 1.807) is 7.11 Å². The van der Waals surface area contributed by atoms with E-state index in [1.165, 1.54) is 0 Å². The van der Waals surface area contributed by atoms with Crippen LogP contribution in [0.1, 0.15) is 18.1 Å². The molecule has 2 N–H and O–H groups in total. The molecule has 122 valence electrons. The molecule has 2 aromatic rings. The van der Waals surface area contributed by atoms with Gasteiger partial charge in [0, 0.05) is 18.1 Å². The molecule has 0 bridgehead atoms. The summed E-state index contributed by atoms with van der Waals surface area (Å²) in [4.78, 5) is 12.1. The van der Waals surface area contributed by atoms with Crippen molar-refractivity contribution in [2.45, 2.75) is 26.1 Å². The molecule has 23 heavy (non-hydrogen) atoms. The van der Waals surface area contributed by atoms with Crippen LogP contribution in [0.15, 0.2) is 48.5 Å². The highest BCUT2D eigenvalue weighted by atomic mass is 35.5. The third-order valence-corrected chi connectivity index (χ3v) is 3.94. The number of halogens is 1. The quantitative estimate of drug-likeness (QED) is 0.819. The molecule has 0 aliphatic carbocycles. The lowest BCUT2D eigenvalue weighted by Crippen LogP contribution is -2.41. The number of hydrogen-bond acceptors (Lipinski definition) is 3. The van der Waals surface area contributed by atoms with Crippen molar-refractivity contribution in [2.75, 3.05) is 7.11 Å². The van der Waals surface area contributed by atoms with Gasteiger partial charge in [0.25, 0.3) is 0 Å². The summed E-state index contributed by atoms with van der Waals surface area (Å²) in [5, 5.41) is 6.79. The van der Waals surface area contributed by atoms with E-state index < -0.39 is 0 Å². The van der Waals surface area contributed by atoms with Gasteiger partial charge in [-0.2, -0.15) is 0 Å². The van der Waals surface area contributed by atoms with E-state index in [-0.39, 0.29) is 11.9 Å². The molecule has 0 saturated heterocycles. The number of benzene rings is 2. The van der Waals surface area contributed by atoms with Crippen molar-refractivity contribution in [3.63, 3.8) is 0 Å². The van der Waals surface area contributed by atoms with Crippen LogP contribution in [0.3, 0.4) is 0 Å². The van der Waals surface area contributed by atoms with Crippen LogP contribution in [0.5, 0.6) is 5.75 Å². The lowest BCUT2D eigenvalue weighted by atomic mass is 10.2. The summed E-state index contributed by atoms with van der Waals surface area (Å²) in [7, 11) is 1.63. The Bertz CT molecular complexity index is 644. The van der Waals surface area contributed by atoms with Crippen molar-refractivity contribution >= 4 is 17.5 Å². The molecule has 0 spiro atoms. The number of carbonyl (C=O) groups is 1. The van der Waals surface area contributed by atoms with Gasteiger partial charge in [0.05, 0.1) is 13.2 Å². The Morgan fingerprint density at radius 1 is 1.13 bits per heavy atom. The number of rotatable bonds is 7. The van der Waals surface area contributed by atoms with Crippen LogP contribution >= 0.6 is 11.6 Å². The van der Waals surface area contributed by atoms with Crippen molar-refractivity contribution in [3.05, 3.63) is 64.7 Å². The third-order valence-electron chi connectivity index (χ3n) is 3.58. The van der Waals surface area contributed by atoms with Crippen LogP contribution in [0.4, 0.5) is 0 Å². The Kier molecular flexibility index (Phi) is 6.44. The summed E-state index contributed by atoms with van der Waals surface area (Å²) < 4.78 is 5.11. The first kappa shape index (κ1) is 17.3. The van der Waals surface area contributed by atoms with E-state index in [4.69, 9.17) is 16.3 Å². The molecule has 0 aromatic heterocycles. The highest BCUT2D eigenvalue weighted by Gasteiger charge is 2.12. The summed E-state index contributed by atoms with van der Waals surface area (Å²) in [5.41, 5.74) is 2.00. The van der Waals surface area contributed by atoms with E-state index in [2.05, 4.69) is 10.6 Å². The fraction of sp³-hybridized carbons (Fsp3) is 0.278. The molecule has 0 radical (unpaired) electrons. The summed E-state index contributed by atoms with van der Waals surface area (Å²) in [6, 6.07) is 14.9. The zero-order valence-corrected chi connectivity index (χ0v) is 14.1. The first-order chi connectivity index (χ1) is 11.1. The van der Waals surface area contributed by atoms with E-state index >= 15 is 0 Å². The number of nitrogens with one attached hydrogen (secondary N) is 2. The van der Waals surface area contributed by atoms with Gasteiger partial charge < -0.3 is 15.4 Å². The van der Waals surface area contributed by atoms with Crippen molar-refractivity contribution in [2.24, 2.45) is 0 Å². The minimum Gasteiger partial charge on any atom is -0.497 e. The molecule has 5 heteroatoms. The molecule has 1 atom stereocenters. The molecule has 0 saturated carbocycles. The number of amides is 1. The number of ether oxygens (including phenoxy) is 1. The van der Waals surface area contributed by atoms with E-state index in [1.807, 2.05) is 55.5 Å². The Balaban J connectivity index is 1.79. The van der Waals surface area contributed by atoms with Crippen molar-refractivity contribution in [1.29, 1.82) is 0 Å². The maximum absolute atomic E-state index is 12.1. The highest BCUT2D eigenvalue weighted by molar-refractivity contribution is 6.31. The van der Waals surface area contributed by atoms with Crippen LogP contribution in [0.2, 0.25) is 5.02 Å². The summed E-state index contributed by atoms with van der Waals surface area (Å²) in [5.74, 6) is 0.753. The molecule has 0 heterocycles. The highest BCUT2D eigenvalue weighted by Crippen LogP contribution is 2.14. The number of hydrogen-bond donors (Lipinski definition) is 2. The topological polar surface area (TPSA) is 50.4 Å². The van der Waals surface area contributed by atoms with E-state index in [9.17, 15) is 4.79 Å². The fourth-order valence-electron chi connectivity index (χ4n) is 2.08. The van der Waals surface area contributed by atoms with Crippen LogP contribution in [-0.2, 0) is 17.9 Å². The minimum atomic E-state index is -0.301. The van der Waals surface area contributed by atoms with Crippen molar-refractivity contribution in [1.82, 2.24) is 10.6 Å². The van der Waals surface area contributed by atoms with Gasteiger partial charge in [-0.15, -0.1) is 0 Å². The van der Waals surface area contributed by atoms with Crippen LogP contribution in [0, 0.1) is 0 Å². The second-order valence-electron chi connectivity index (χ2n) is 5.26. The predicted octanol–water partition coefficient (Wildman–Crippen LogP) is 3.14. The maximum Gasteiger partial charge on any atom is 0.237 e. The molecule has 0 unspecified atom stereocenters. The van der Waals surface area contributed by atoms with Crippen LogP contribution in [0.25, 0.3) is 0 Å². The van der Waals surface area contributed by atoms with Gasteiger partial charge in [-0.1, -0.05) is 41.9 Å². The summed E-state index contributed by atoms with van der Waals surface area (Å²) in [6.45, 7) is 2.87. The normalized spacial score (nSPS) is 11.8. The van der Waals surface area contributed by atoms with Gasteiger partial charge in [-0.3, -0.25) is 4.79 Å². The predicted molar refractivity (Wildman–Crippen MR) is 92.6 cm³/mol. The van der Waals surface area contributed by atoms with Gasteiger partial charge in [0.15, 0.2) is 0 Å². The SMILES string of the molecule is COc1ccc(CNC(=O)[C@H](C)NCc2ccccc2Cl)cc1. The van der Waals surface area contributed by atoms with Gasteiger partial charge in [0.1, 0.15) is 5.75 Å². The lowest BCUT2D eigenvalue weighted by Gasteiger charge is -2.15. The first-order valence-corrected chi connectivity index (χ1v) is 7.85. The lowest BCUT2D eigenvalue weighted by molar-refractivity contribution is -0.122. The molecule has 2 aromatic carbocycles.